The Bertz CT molecular complexity index is 717. The molecule has 0 N–H and O–H groups in total. The third-order valence-corrected chi connectivity index (χ3v) is 3.64. The topological polar surface area (TPSA) is 20.3 Å². The lowest BCUT2D eigenvalue weighted by Crippen LogP contribution is -2.23. The van der Waals surface area contributed by atoms with Gasteiger partial charge in [0.25, 0.3) is 0 Å². The van der Waals surface area contributed by atoms with Crippen molar-refractivity contribution in [2.45, 2.75) is 6.92 Å². The molecule has 0 saturated heterocycles. The second kappa shape index (κ2) is 5.80. The van der Waals surface area contributed by atoms with Gasteiger partial charge in [-0.15, -0.1) is 0 Å². The highest BCUT2D eigenvalue weighted by molar-refractivity contribution is 6.07. The number of ketones is 1. The van der Waals surface area contributed by atoms with Crippen LogP contribution in [0.15, 0.2) is 78.1 Å². The first-order chi connectivity index (χ1) is 10.3. The number of rotatable bonds is 2. The zero-order valence-corrected chi connectivity index (χ0v) is 12.0. The maximum atomic E-state index is 11.7. The predicted molar refractivity (Wildman–Crippen MR) is 87.9 cm³/mol. The van der Waals surface area contributed by atoms with Crippen LogP contribution in [0, 0.1) is 0 Å². The lowest BCUT2D eigenvalue weighted by atomic mass is 10.0. The average molecular weight is 275 g/mol. The zero-order valence-electron chi connectivity index (χ0n) is 12.0. The molecule has 1 aliphatic carbocycles. The van der Waals surface area contributed by atoms with Crippen molar-refractivity contribution >= 4 is 17.5 Å². The number of allylic oxidation sites excluding steroid dienone is 8. The molecular formula is C19H17NO. The smallest absolute Gasteiger partial charge is 0.185 e. The number of carbonyl (C=O) groups excluding carboxylic acids is 1. The number of carbonyl (C=O) groups is 1. The van der Waals surface area contributed by atoms with Gasteiger partial charge in [0.2, 0.25) is 0 Å². The number of benzene rings is 1. The van der Waals surface area contributed by atoms with Crippen LogP contribution in [0.5, 0.6) is 0 Å². The van der Waals surface area contributed by atoms with Crippen LogP contribution in [-0.4, -0.2) is 12.3 Å². The SMILES string of the molecule is CCN1/C(=C/C=C2\C=CC=CC2=O)C=Cc2ccccc21. The quantitative estimate of drug-likeness (QED) is 0.759. The van der Waals surface area contributed by atoms with Crippen LogP contribution in [0.25, 0.3) is 6.08 Å². The van der Waals surface area contributed by atoms with Gasteiger partial charge in [0.1, 0.15) is 0 Å². The van der Waals surface area contributed by atoms with Crippen molar-refractivity contribution in [2.75, 3.05) is 11.4 Å². The van der Waals surface area contributed by atoms with E-state index in [1.807, 2.05) is 30.4 Å². The van der Waals surface area contributed by atoms with Gasteiger partial charge in [-0.2, -0.15) is 0 Å². The molecule has 1 aromatic rings. The minimum absolute atomic E-state index is 0.0533. The van der Waals surface area contributed by atoms with E-state index in [0.29, 0.717) is 5.57 Å². The molecule has 1 aromatic carbocycles. The lowest BCUT2D eigenvalue weighted by Gasteiger charge is -2.29. The van der Waals surface area contributed by atoms with Crippen LogP contribution in [0.3, 0.4) is 0 Å². The van der Waals surface area contributed by atoms with E-state index in [1.165, 1.54) is 11.3 Å². The van der Waals surface area contributed by atoms with Gasteiger partial charge in [-0.1, -0.05) is 42.5 Å². The molecule has 0 atom stereocenters. The van der Waals surface area contributed by atoms with E-state index in [2.05, 4.69) is 42.2 Å². The third-order valence-electron chi connectivity index (χ3n) is 3.64. The maximum absolute atomic E-state index is 11.7. The van der Waals surface area contributed by atoms with Crippen LogP contribution in [0.2, 0.25) is 0 Å². The van der Waals surface area contributed by atoms with Gasteiger partial charge in [0, 0.05) is 23.5 Å². The van der Waals surface area contributed by atoms with Crippen molar-refractivity contribution < 1.29 is 4.79 Å². The van der Waals surface area contributed by atoms with Crippen molar-refractivity contribution in [3.05, 3.63) is 83.6 Å². The van der Waals surface area contributed by atoms with Gasteiger partial charge >= 0.3 is 0 Å². The highest BCUT2D eigenvalue weighted by Crippen LogP contribution is 2.30. The molecule has 1 aliphatic heterocycles. The normalized spacial score (nSPS) is 20.4. The Hall–Kier alpha value is -2.61. The first-order valence-electron chi connectivity index (χ1n) is 7.15. The number of fused-ring (bicyclic) bond motifs is 1. The van der Waals surface area contributed by atoms with Gasteiger partial charge in [-0.3, -0.25) is 4.79 Å². The highest BCUT2D eigenvalue weighted by atomic mass is 16.1. The monoisotopic (exact) mass is 275 g/mol. The Labute approximate surface area is 125 Å². The molecule has 21 heavy (non-hydrogen) atoms. The summed E-state index contributed by atoms with van der Waals surface area (Å²) in [4.78, 5) is 14.0. The Morgan fingerprint density at radius 2 is 1.81 bits per heavy atom. The van der Waals surface area contributed by atoms with E-state index in [0.717, 1.165) is 12.2 Å². The van der Waals surface area contributed by atoms with E-state index in [-0.39, 0.29) is 5.78 Å². The summed E-state index contributed by atoms with van der Waals surface area (Å²) >= 11 is 0. The minimum Gasteiger partial charge on any atom is -0.341 e. The molecule has 0 amide bonds. The average Bonchev–Trinajstić information content (AvgIpc) is 2.53. The summed E-state index contributed by atoms with van der Waals surface area (Å²) in [6.45, 7) is 3.02. The fourth-order valence-corrected chi connectivity index (χ4v) is 2.57. The summed E-state index contributed by atoms with van der Waals surface area (Å²) in [6.07, 6.45) is 15.2. The van der Waals surface area contributed by atoms with E-state index < -0.39 is 0 Å². The van der Waals surface area contributed by atoms with Crippen molar-refractivity contribution in [3.63, 3.8) is 0 Å². The molecule has 0 saturated carbocycles. The fraction of sp³-hybridized carbons (Fsp3) is 0.105. The standard InChI is InChI=1S/C19H17NO/c1-2-20-17(13-11-15-7-3-5-9-18(15)20)14-12-16-8-4-6-10-19(16)21/h3-14H,2H2,1H3/b16-12+,17-14+. The number of hydrogen-bond acceptors (Lipinski definition) is 2. The van der Waals surface area contributed by atoms with E-state index in [9.17, 15) is 4.79 Å². The lowest BCUT2D eigenvalue weighted by molar-refractivity contribution is -0.111. The summed E-state index contributed by atoms with van der Waals surface area (Å²) in [5.41, 5.74) is 4.24. The molecule has 1 heterocycles. The molecule has 0 unspecified atom stereocenters. The Kier molecular flexibility index (Phi) is 3.69. The van der Waals surface area contributed by atoms with Crippen LogP contribution in [-0.2, 0) is 4.79 Å². The van der Waals surface area contributed by atoms with Gasteiger partial charge in [0.15, 0.2) is 5.78 Å². The first-order valence-corrected chi connectivity index (χ1v) is 7.15. The van der Waals surface area contributed by atoms with Crippen molar-refractivity contribution in [2.24, 2.45) is 0 Å². The molecule has 3 rings (SSSR count). The molecule has 2 heteroatoms. The Morgan fingerprint density at radius 1 is 1.00 bits per heavy atom. The fourth-order valence-electron chi connectivity index (χ4n) is 2.57. The van der Waals surface area contributed by atoms with Crippen LogP contribution in [0.1, 0.15) is 12.5 Å². The van der Waals surface area contributed by atoms with Crippen molar-refractivity contribution in [3.8, 4) is 0 Å². The largest absolute Gasteiger partial charge is 0.341 e. The van der Waals surface area contributed by atoms with Crippen molar-refractivity contribution in [1.29, 1.82) is 0 Å². The number of para-hydroxylation sites is 1. The van der Waals surface area contributed by atoms with Gasteiger partial charge in [-0.05, 0) is 42.9 Å². The first kappa shape index (κ1) is 13.4. The summed E-state index contributed by atoms with van der Waals surface area (Å²) < 4.78 is 0. The molecule has 0 spiro atoms. The zero-order chi connectivity index (χ0) is 14.7. The summed E-state index contributed by atoms with van der Waals surface area (Å²) in [6, 6.07) is 8.33. The van der Waals surface area contributed by atoms with Gasteiger partial charge in [-0.25, -0.2) is 0 Å². The van der Waals surface area contributed by atoms with Crippen LogP contribution < -0.4 is 4.90 Å². The molecule has 2 aliphatic rings. The molecule has 0 fully saturated rings. The minimum atomic E-state index is 0.0533. The second-order valence-corrected chi connectivity index (χ2v) is 4.93. The van der Waals surface area contributed by atoms with E-state index in [4.69, 9.17) is 0 Å². The highest BCUT2D eigenvalue weighted by Gasteiger charge is 2.14. The van der Waals surface area contributed by atoms with Crippen LogP contribution >= 0.6 is 0 Å². The van der Waals surface area contributed by atoms with Crippen molar-refractivity contribution in [1.82, 2.24) is 0 Å². The Morgan fingerprint density at radius 3 is 2.62 bits per heavy atom. The second-order valence-electron chi connectivity index (χ2n) is 4.93. The third kappa shape index (κ3) is 2.65. The maximum Gasteiger partial charge on any atom is 0.185 e. The number of likely N-dealkylation sites (N-methyl/N-ethyl adjacent to an activating group) is 1. The van der Waals surface area contributed by atoms with Crippen LogP contribution in [0.4, 0.5) is 5.69 Å². The number of hydrogen-bond donors (Lipinski definition) is 0. The molecule has 104 valence electrons. The molecule has 0 bridgehead atoms. The van der Waals surface area contributed by atoms with Gasteiger partial charge in [0.05, 0.1) is 0 Å². The molecule has 2 nitrogen and oxygen atoms in total. The Balaban J connectivity index is 1.95. The summed E-state index contributed by atoms with van der Waals surface area (Å²) in [5, 5.41) is 0. The number of nitrogens with zero attached hydrogens (tertiary/aromatic N) is 1. The molecular weight excluding hydrogens is 258 g/mol. The predicted octanol–water partition coefficient (Wildman–Crippen LogP) is 4.05. The summed E-state index contributed by atoms with van der Waals surface area (Å²) in [5.74, 6) is 0.0533. The summed E-state index contributed by atoms with van der Waals surface area (Å²) in [7, 11) is 0. The van der Waals surface area contributed by atoms with E-state index >= 15 is 0 Å². The number of anilines is 1. The van der Waals surface area contributed by atoms with E-state index in [1.54, 1.807) is 12.2 Å². The van der Waals surface area contributed by atoms with Gasteiger partial charge < -0.3 is 4.90 Å². The molecule has 0 aromatic heterocycles. The molecule has 0 radical (unpaired) electrons.